The van der Waals surface area contributed by atoms with Gasteiger partial charge in [-0.25, -0.2) is 9.18 Å². The Balaban J connectivity index is 2.36. The van der Waals surface area contributed by atoms with Crippen LogP contribution >= 0.6 is 0 Å². The molecular formula is C15H16FN3O4. The molecule has 23 heavy (non-hydrogen) atoms. The number of hydrogen-bond acceptors (Lipinski definition) is 5. The Hall–Kier alpha value is -2.74. The van der Waals surface area contributed by atoms with Gasteiger partial charge in [-0.15, -0.1) is 0 Å². The van der Waals surface area contributed by atoms with Crippen molar-refractivity contribution < 1.29 is 14.6 Å². The van der Waals surface area contributed by atoms with Crippen molar-refractivity contribution in [1.82, 2.24) is 9.55 Å². The maximum absolute atomic E-state index is 12.9. The van der Waals surface area contributed by atoms with E-state index in [1.807, 2.05) is 0 Å². The molecule has 0 aliphatic heterocycles. The molecule has 3 N–H and O–H groups in total. The van der Waals surface area contributed by atoms with Crippen molar-refractivity contribution in [2.75, 3.05) is 13.2 Å². The van der Waals surface area contributed by atoms with E-state index in [9.17, 15) is 19.1 Å². The van der Waals surface area contributed by atoms with Crippen LogP contribution in [0.25, 0.3) is 0 Å². The van der Waals surface area contributed by atoms with Crippen LogP contribution in [-0.2, 0) is 6.54 Å². The molecule has 0 spiro atoms. The number of halogens is 1. The second kappa shape index (κ2) is 7.50. The van der Waals surface area contributed by atoms with Crippen molar-refractivity contribution in [2.45, 2.75) is 13.0 Å². The van der Waals surface area contributed by atoms with Crippen molar-refractivity contribution in [1.29, 1.82) is 0 Å². The van der Waals surface area contributed by atoms with Gasteiger partial charge in [0.15, 0.2) is 0 Å². The number of aromatic nitrogens is 2. The summed E-state index contributed by atoms with van der Waals surface area (Å²) in [7, 11) is 0. The van der Waals surface area contributed by atoms with Gasteiger partial charge in [-0.2, -0.15) is 0 Å². The first-order valence-corrected chi connectivity index (χ1v) is 6.94. The summed E-state index contributed by atoms with van der Waals surface area (Å²) in [6.45, 7) is 0.218. The molecule has 1 aromatic carbocycles. The molecular weight excluding hydrogens is 305 g/mol. The molecule has 0 fully saturated rings. The highest BCUT2D eigenvalue weighted by Gasteiger charge is 2.12. The molecule has 0 amide bonds. The lowest BCUT2D eigenvalue weighted by molar-refractivity contribution is 0.291. The van der Waals surface area contributed by atoms with E-state index >= 15 is 0 Å². The summed E-state index contributed by atoms with van der Waals surface area (Å²) in [5.41, 5.74) is -1.09. The number of benzene rings is 1. The number of rotatable bonds is 6. The molecule has 122 valence electrons. The zero-order valence-corrected chi connectivity index (χ0v) is 12.2. The van der Waals surface area contributed by atoms with Gasteiger partial charge in [-0.3, -0.25) is 19.3 Å². The molecule has 0 aliphatic carbocycles. The standard InChI is InChI=1S/C15H16FN3O4/c16-11-4-2-10(3-5-11)9-19-14(22)12(8-17-6-1-7-20)13(21)18-15(19)23/h2-5,8,20,22H,1,6-7,9H2,(H,18,21,23). The van der Waals surface area contributed by atoms with Crippen molar-refractivity contribution in [3.8, 4) is 5.88 Å². The van der Waals surface area contributed by atoms with Crippen LogP contribution < -0.4 is 11.2 Å². The Morgan fingerprint density at radius 3 is 2.61 bits per heavy atom. The van der Waals surface area contributed by atoms with E-state index in [1.54, 1.807) is 0 Å². The Bertz CT molecular complexity index is 809. The molecule has 0 bridgehead atoms. The molecule has 7 nitrogen and oxygen atoms in total. The molecule has 2 aromatic rings. The van der Waals surface area contributed by atoms with E-state index in [0.29, 0.717) is 12.0 Å². The predicted molar refractivity (Wildman–Crippen MR) is 82.7 cm³/mol. The summed E-state index contributed by atoms with van der Waals surface area (Å²) in [6.07, 6.45) is 1.58. The summed E-state index contributed by atoms with van der Waals surface area (Å²) < 4.78 is 13.9. The number of aliphatic hydroxyl groups excluding tert-OH is 1. The summed E-state index contributed by atoms with van der Waals surface area (Å²) in [6, 6.07) is 5.42. The average molecular weight is 321 g/mol. The van der Waals surface area contributed by atoms with Crippen molar-refractivity contribution >= 4 is 6.21 Å². The van der Waals surface area contributed by atoms with Gasteiger partial charge in [-0.05, 0) is 24.1 Å². The Labute approximate surface area is 130 Å². The van der Waals surface area contributed by atoms with Gasteiger partial charge >= 0.3 is 5.69 Å². The van der Waals surface area contributed by atoms with Gasteiger partial charge in [-0.1, -0.05) is 12.1 Å². The van der Waals surface area contributed by atoms with Crippen molar-refractivity contribution in [3.63, 3.8) is 0 Å². The molecule has 0 aliphatic rings. The quantitative estimate of drug-likeness (QED) is 0.523. The number of nitrogens with one attached hydrogen (secondary N) is 1. The van der Waals surface area contributed by atoms with E-state index in [0.717, 1.165) is 10.8 Å². The smallest absolute Gasteiger partial charge is 0.331 e. The highest BCUT2D eigenvalue weighted by Crippen LogP contribution is 2.11. The minimum atomic E-state index is -0.774. The number of aliphatic imine (C=N–C) groups is 1. The van der Waals surface area contributed by atoms with Gasteiger partial charge in [0.1, 0.15) is 11.4 Å². The lowest BCUT2D eigenvalue weighted by Crippen LogP contribution is -2.32. The van der Waals surface area contributed by atoms with E-state index in [-0.39, 0.29) is 25.3 Å². The first-order valence-electron chi connectivity index (χ1n) is 6.94. The third-order valence-corrected chi connectivity index (χ3v) is 3.13. The number of H-pyrrole nitrogens is 1. The molecule has 1 aromatic heterocycles. The Morgan fingerprint density at radius 1 is 1.26 bits per heavy atom. The molecule has 0 saturated heterocycles. The van der Waals surface area contributed by atoms with Crippen molar-refractivity contribution in [3.05, 3.63) is 62.0 Å². The zero-order valence-electron chi connectivity index (χ0n) is 12.2. The minimum Gasteiger partial charge on any atom is -0.494 e. The average Bonchev–Trinajstić information content (AvgIpc) is 2.52. The third-order valence-electron chi connectivity index (χ3n) is 3.13. The summed E-state index contributed by atoms with van der Waals surface area (Å²) >= 11 is 0. The molecule has 0 radical (unpaired) electrons. The number of aromatic hydroxyl groups is 1. The lowest BCUT2D eigenvalue weighted by Gasteiger charge is -2.09. The normalized spacial score (nSPS) is 11.2. The fourth-order valence-electron chi connectivity index (χ4n) is 1.93. The first-order chi connectivity index (χ1) is 11.0. The first kappa shape index (κ1) is 16.6. The maximum Gasteiger partial charge on any atom is 0.331 e. The van der Waals surface area contributed by atoms with Crippen LogP contribution in [-0.4, -0.2) is 39.1 Å². The molecule has 8 heteroatoms. The van der Waals surface area contributed by atoms with Crippen LogP contribution in [0.3, 0.4) is 0 Å². The number of hydrogen-bond donors (Lipinski definition) is 3. The summed E-state index contributed by atoms with van der Waals surface area (Å²) in [5.74, 6) is -0.931. The fraction of sp³-hybridized carbons (Fsp3) is 0.267. The van der Waals surface area contributed by atoms with E-state index < -0.39 is 22.9 Å². The van der Waals surface area contributed by atoms with Gasteiger partial charge in [0.05, 0.1) is 6.54 Å². The van der Waals surface area contributed by atoms with Gasteiger partial charge in [0, 0.05) is 19.4 Å². The molecule has 0 saturated carbocycles. The van der Waals surface area contributed by atoms with Crippen molar-refractivity contribution in [2.24, 2.45) is 4.99 Å². The second-order valence-corrected chi connectivity index (χ2v) is 4.82. The predicted octanol–water partition coefficient (Wildman–Crippen LogP) is 0.231. The van der Waals surface area contributed by atoms with Crippen LogP contribution in [0.15, 0.2) is 38.8 Å². The van der Waals surface area contributed by atoms with E-state index in [2.05, 4.69) is 9.98 Å². The summed E-state index contributed by atoms with van der Waals surface area (Å²) in [5, 5.41) is 18.8. The minimum absolute atomic E-state index is 0.0286. The van der Waals surface area contributed by atoms with Crippen LogP contribution in [0.4, 0.5) is 4.39 Å². The summed E-state index contributed by atoms with van der Waals surface area (Å²) in [4.78, 5) is 29.6. The van der Waals surface area contributed by atoms with Gasteiger partial charge in [0.2, 0.25) is 5.88 Å². The molecule has 2 rings (SSSR count). The molecule has 0 atom stereocenters. The molecule has 0 unspecified atom stereocenters. The number of aromatic amines is 1. The largest absolute Gasteiger partial charge is 0.494 e. The SMILES string of the molecule is O=c1[nH]c(=O)n(Cc2ccc(F)cc2)c(O)c1C=NCCCO. The lowest BCUT2D eigenvalue weighted by atomic mass is 10.2. The van der Waals surface area contributed by atoms with E-state index in [4.69, 9.17) is 5.11 Å². The number of nitrogens with zero attached hydrogens (tertiary/aromatic N) is 2. The second-order valence-electron chi connectivity index (χ2n) is 4.82. The van der Waals surface area contributed by atoms with Crippen LogP contribution in [0.1, 0.15) is 17.5 Å². The molecule has 1 heterocycles. The maximum atomic E-state index is 12.9. The third kappa shape index (κ3) is 4.13. The zero-order chi connectivity index (χ0) is 16.8. The number of aliphatic hydroxyl groups is 1. The fourth-order valence-corrected chi connectivity index (χ4v) is 1.93. The highest BCUT2D eigenvalue weighted by molar-refractivity contribution is 5.81. The van der Waals surface area contributed by atoms with Crippen LogP contribution in [0.2, 0.25) is 0 Å². The van der Waals surface area contributed by atoms with E-state index in [1.165, 1.54) is 24.3 Å². The van der Waals surface area contributed by atoms with Crippen LogP contribution in [0, 0.1) is 5.82 Å². The van der Waals surface area contributed by atoms with Crippen LogP contribution in [0.5, 0.6) is 5.88 Å². The van der Waals surface area contributed by atoms with Gasteiger partial charge in [0.25, 0.3) is 5.56 Å². The highest BCUT2D eigenvalue weighted by atomic mass is 19.1. The monoisotopic (exact) mass is 321 g/mol. The topological polar surface area (TPSA) is 108 Å². The van der Waals surface area contributed by atoms with Gasteiger partial charge < -0.3 is 10.2 Å². The Morgan fingerprint density at radius 2 is 1.96 bits per heavy atom. The Kier molecular flexibility index (Phi) is 5.42.